The van der Waals surface area contributed by atoms with Gasteiger partial charge in [-0.3, -0.25) is 14.5 Å². The van der Waals surface area contributed by atoms with Gasteiger partial charge in [-0.2, -0.15) is 0 Å². The number of anilines is 2. The molecule has 50 heavy (non-hydrogen) atoms. The fourth-order valence-electron chi connectivity index (χ4n) is 7.53. The van der Waals surface area contributed by atoms with Crippen molar-refractivity contribution >= 4 is 35.6 Å². The summed E-state index contributed by atoms with van der Waals surface area (Å²) in [4.78, 5) is 33.2. The maximum Gasteiger partial charge on any atom is 0.264 e. The van der Waals surface area contributed by atoms with Gasteiger partial charge in [0.15, 0.2) is 11.5 Å². The van der Waals surface area contributed by atoms with E-state index < -0.39 is 0 Å². The van der Waals surface area contributed by atoms with E-state index in [0.29, 0.717) is 59.1 Å². The Labute approximate surface area is 297 Å². The normalized spacial score (nSPS) is 15.9. The van der Waals surface area contributed by atoms with Crippen LogP contribution in [0.25, 0.3) is 11.3 Å². The van der Waals surface area contributed by atoms with Crippen LogP contribution in [0, 0.1) is 0 Å². The molecule has 3 N–H and O–H groups in total. The summed E-state index contributed by atoms with van der Waals surface area (Å²) in [6, 6.07) is 30.0. The van der Waals surface area contributed by atoms with Crippen molar-refractivity contribution in [3.8, 4) is 28.5 Å². The van der Waals surface area contributed by atoms with Crippen LogP contribution in [0.5, 0.6) is 17.2 Å². The Morgan fingerprint density at radius 1 is 0.840 bits per heavy atom. The summed E-state index contributed by atoms with van der Waals surface area (Å²) < 4.78 is 13.8. The molecule has 9 nitrogen and oxygen atoms in total. The van der Waals surface area contributed by atoms with E-state index in [2.05, 4.69) is 16.7 Å². The molecule has 0 radical (unpaired) electrons. The van der Waals surface area contributed by atoms with Gasteiger partial charge in [0.05, 0.1) is 11.1 Å². The van der Waals surface area contributed by atoms with Crippen LogP contribution < -0.4 is 20.1 Å². The summed E-state index contributed by atoms with van der Waals surface area (Å²) >= 11 is 0. The Balaban J connectivity index is 0.00000392. The van der Waals surface area contributed by atoms with Gasteiger partial charge in [0.25, 0.3) is 11.8 Å². The highest BCUT2D eigenvalue weighted by Crippen LogP contribution is 2.43. The number of phenolic OH excluding ortho intramolecular Hbond substituents is 1. The lowest BCUT2D eigenvalue weighted by molar-refractivity contribution is 0.0632. The first-order valence-corrected chi connectivity index (χ1v) is 16.9. The Morgan fingerprint density at radius 3 is 2.30 bits per heavy atom. The molecule has 0 aliphatic carbocycles. The molecule has 0 spiro atoms. The number of phenols is 1. The number of aromatic hydroxyl groups is 1. The standard InChI is InChI=1S/C40H38N4O5.ClH/c41-18-17-30-20-26-8-4-5-9-27(26)24-43(30)39(46)33-23-38-37(48-25-49-38)22-32(33)36-21-34(35-12-6-7-19-42(35)36)40(47)44(28-10-2-1-3-11-28)29-13-15-31(45)16-14-29;/h1-5,8-11,13-16,21-23,30,45H,6-7,12,17-20,24-25,41H2;1H/t30-;/m1./s1. The lowest BCUT2D eigenvalue weighted by Crippen LogP contribution is -2.45. The number of rotatable bonds is 7. The number of halogens is 1. The van der Waals surface area contributed by atoms with Gasteiger partial charge in [0.2, 0.25) is 6.79 Å². The van der Waals surface area contributed by atoms with Crippen LogP contribution in [0.3, 0.4) is 0 Å². The smallest absolute Gasteiger partial charge is 0.264 e. The van der Waals surface area contributed by atoms with E-state index in [1.807, 2.05) is 59.5 Å². The molecule has 0 bridgehead atoms. The number of carbonyl (C=O) groups is 2. The van der Waals surface area contributed by atoms with E-state index >= 15 is 0 Å². The first-order valence-electron chi connectivity index (χ1n) is 16.9. The van der Waals surface area contributed by atoms with Crippen LogP contribution in [0.15, 0.2) is 97.1 Å². The topological polar surface area (TPSA) is 110 Å². The second-order valence-electron chi connectivity index (χ2n) is 12.9. The zero-order valence-corrected chi connectivity index (χ0v) is 28.4. The minimum atomic E-state index is -0.182. The fraction of sp³-hybridized carbons (Fsp3) is 0.250. The lowest BCUT2D eigenvalue weighted by atomic mass is 9.91. The molecule has 1 aromatic heterocycles. The second kappa shape index (κ2) is 13.9. The van der Waals surface area contributed by atoms with Crippen LogP contribution in [0.1, 0.15) is 56.8 Å². The van der Waals surface area contributed by atoms with E-state index in [1.165, 1.54) is 5.56 Å². The predicted octanol–water partition coefficient (Wildman–Crippen LogP) is 7.24. The van der Waals surface area contributed by atoms with E-state index in [1.54, 1.807) is 35.2 Å². The molecular formula is C40H39ClN4O5. The molecule has 5 aromatic rings. The van der Waals surface area contributed by atoms with Gasteiger partial charge in [-0.05, 0) is 104 Å². The van der Waals surface area contributed by atoms with Crippen LogP contribution in [0.4, 0.5) is 11.4 Å². The summed E-state index contributed by atoms with van der Waals surface area (Å²) in [5.41, 5.74) is 13.3. The third kappa shape index (κ3) is 5.97. The van der Waals surface area contributed by atoms with Crippen molar-refractivity contribution in [2.45, 2.75) is 51.2 Å². The number of benzene rings is 4. The molecule has 0 unspecified atom stereocenters. The zero-order chi connectivity index (χ0) is 33.5. The third-order valence-electron chi connectivity index (χ3n) is 9.94. The van der Waals surface area contributed by atoms with E-state index in [-0.39, 0.29) is 42.8 Å². The molecule has 256 valence electrons. The molecular weight excluding hydrogens is 652 g/mol. The minimum Gasteiger partial charge on any atom is -0.508 e. The van der Waals surface area contributed by atoms with Gasteiger partial charge in [0.1, 0.15) is 5.75 Å². The van der Waals surface area contributed by atoms with E-state index in [4.69, 9.17) is 15.2 Å². The maximum atomic E-state index is 14.8. The van der Waals surface area contributed by atoms with Gasteiger partial charge in [0, 0.05) is 47.5 Å². The lowest BCUT2D eigenvalue weighted by Gasteiger charge is -2.37. The fourth-order valence-corrected chi connectivity index (χ4v) is 7.53. The number of amides is 2. The Morgan fingerprint density at radius 2 is 1.54 bits per heavy atom. The number of carbonyl (C=O) groups excluding carboxylic acids is 2. The molecule has 0 saturated heterocycles. The Hall–Kier alpha value is -5.25. The van der Waals surface area contributed by atoms with Gasteiger partial charge < -0.3 is 29.8 Å². The number of fused-ring (bicyclic) bond motifs is 3. The summed E-state index contributed by atoms with van der Waals surface area (Å²) in [7, 11) is 0. The summed E-state index contributed by atoms with van der Waals surface area (Å²) in [6.45, 7) is 1.76. The number of aromatic nitrogens is 1. The van der Waals surface area contributed by atoms with Crippen molar-refractivity contribution in [2.24, 2.45) is 5.73 Å². The molecule has 2 amide bonds. The minimum absolute atomic E-state index is 0. The first kappa shape index (κ1) is 33.3. The number of hydrogen-bond donors (Lipinski definition) is 2. The van der Waals surface area contributed by atoms with Gasteiger partial charge >= 0.3 is 0 Å². The molecule has 1 atom stereocenters. The summed E-state index contributed by atoms with van der Waals surface area (Å²) in [5, 5.41) is 10.0. The summed E-state index contributed by atoms with van der Waals surface area (Å²) in [5.74, 6) is 0.944. The van der Waals surface area contributed by atoms with Crippen molar-refractivity contribution in [1.82, 2.24) is 9.47 Å². The largest absolute Gasteiger partial charge is 0.508 e. The van der Waals surface area contributed by atoms with Gasteiger partial charge in [-0.25, -0.2) is 0 Å². The molecule has 4 heterocycles. The second-order valence-corrected chi connectivity index (χ2v) is 12.9. The van der Waals surface area contributed by atoms with Gasteiger partial charge in [-0.1, -0.05) is 42.5 Å². The van der Waals surface area contributed by atoms with Crippen molar-refractivity contribution in [1.29, 1.82) is 0 Å². The maximum absolute atomic E-state index is 14.8. The highest BCUT2D eigenvalue weighted by atomic mass is 35.5. The number of nitrogens with two attached hydrogens (primary N) is 1. The van der Waals surface area contributed by atoms with Crippen LogP contribution in [-0.2, 0) is 25.9 Å². The number of hydrogen-bond acceptors (Lipinski definition) is 6. The van der Waals surface area contributed by atoms with Crippen LogP contribution in [0.2, 0.25) is 0 Å². The molecule has 0 fully saturated rings. The molecule has 10 heteroatoms. The van der Waals surface area contributed by atoms with Crippen molar-refractivity contribution in [2.75, 3.05) is 18.2 Å². The Bertz CT molecular complexity index is 2050. The monoisotopic (exact) mass is 690 g/mol. The molecule has 3 aliphatic rings. The highest BCUT2D eigenvalue weighted by Gasteiger charge is 2.35. The zero-order valence-electron chi connectivity index (χ0n) is 27.6. The third-order valence-corrected chi connectivity index (χ3v) is 9.94. The molecule has 3 aliphatic heterocycles. The quantitative estimate of drug-likeness (QED) is 0.186. The SMILES string of the molecule is Cl.NCC[C@@H]1Cc2ccccc2CN1C(=O)c1cc2c(cc1-c1cc(C(=O)N(c3ccccc3)c3ccc(O)cc3)c3n1CCCC3)OCO2. The average molecular weight is 691 g/mol. The van der Waals surface area contributed by atoms with Crippen molar-refractivity contribution in [3.63, 3.8) is 0 Å². The highest BCUT2D eigenvalue weighted by molar-refractivity contribution is 6.12. The van der Waals surface area contributed by atoms with E-state index in [0.717, 1.165) is 49.2 Å². The number of para-hydroxylation sites is 1. The molecule has 8 rings (SSSR count). The average Bonchev–Trinajstić information content (AvgIpc) is 3.76. The van der Waals surface area contributed by atoms with E-state index in [9.17, 15) is 14.7 Å². The van der Waals surface area contributed by atoms with Gasteiger partial charge in [-0.15, -0.1) is 12.4 Å². The first-order chi connectivity index (χ1) is 24.0. The van der Waals surface area contributed by atoms with Crippen LogP contribution >= 0.6 is 12.4 Å². The predicted molar refractivity (Wildman–Crippen MR) is 195 cm³/mol. The molecule has 0 saturated carbocycles. The summed E-state index contributed by atoms with van der Waals surface area (Å²) in [6.07, 6.45) is 4.07. The van der Waals surface area contributed by atoms with Crippen LogP contribution in [-0.4, -0.2) is 45.8 Å². The molecule has 4 aromatic carbocycles. The van der Waals surface area contributed by atoms with Crippen molar-refractivity contribution in [3.05, 3.63) is 125 Å². The number of nitrogens with zero attached hydrogens (tertiary/aromatic N) is 3. The number of ether oxygens (including phenoxy) is 2. The Kier molecular flexibility index (Phi) is 9.27. The van der Waals surface area contributed by atoms with Crippen molar-refractivity contribution < 1.29 is 24.2 Å².